The smallest absolute Gasteiger partial charge is 0.140 e. The van der Waals surface area contributed by atoms with Crippen molar-refractivity contribution in [1.82, 2.24) is 9.55 Å². The lowest BCUT2D eigenvalue weighted by molar-refractivity contribution is 0.394. The van der Waals surface area contributed by atoms with E-state index in [9.17, 15) is 0 Å². The van der Waals surface area contributed by atoms with Crippen LogP contribution < -0.4 is 9.47 Å². The number of hydrogen-bond donors (Lipinski definition) is 0. The second kappa shape index (κ2) is 6.87. The number of hydrogen-bond acceptors (Lipinski definition) is 3. The molecule has 0 aliphatic heterocycles. The first-order valence-corrected chi connectivity index (χ1v) is 7.98. The van der Waals surface area contributed by atoms with E-state index in [-0.39, 0.29) is 0 Å². The number of benzene rings is 2. The quantitative estimate of drug-likeness (QED) is 0.666. The molecule has 0 aliphatic carbocycles. The van der Waals surface area contributed by atoms with Gasteiger partial charge in [-0.15, -0.1) is 0 Å². The summed E-state index contributed by atoms with van der Waals surface area (Å²) in [7, 11) is 3.29. The number of ether oxygens (including phenoxy) is 2. The topological polar surface area (TPSA) is 36.3 Å². The Hall–Kier alpha value is -2.27. The van der Waals surface area contributed by atoms with Crippen LogP contribution in [0.5, 0.6) is 11.5 Å². The fourth-order valence-corrected chi connectivity index (χ4v) is 2.68. The van der Waals surface area contributed by atoms with Gasteiger partial charge in [0.25, 0.3) is 0 Å². The fraction of sp³-hybridized carbons (Fsp3) is 0.167. The van der Waals surface area contributed by atoms with E-state index >= 15 is 0 Å². The van der Waals surface area contributed by atoms with E-state index in [1.807, 2.05) is 36.5 Å². The average Bonchev–Trinajstić information content (AvgIpc) is 3.04. The molecule has 0 amide bonds. The molecule has 5 heteroatoms. The Bertz CT molecular complexity index is 775. The minimum Gasteiger partial charge on any atom is -0.497 e. The lowest BCUT2D eigenvalue weighted by Crippen LogP contribution is -2.01. The van der Waals surface area contributed by atoms with E-state index in [0.29, 0.717) is 0 Å². The summed E-state index contributed by atoms with van der Waals surface area (Å²) in [4.78, 5) is 4.49. The van der Waals surface area contributed by atoms with E-state index in [2.05, 4.69) is 37.6 Å². The molecule has 1 heterocycles. The standard InChI is InChI=1S/C18H17BrN2O2/c1-22-16-9-14(10-17(11-16)23-2)18-20-7-8-21(18)12-13-3-5-15(19)6-4-13/h3-11H,12H2,1-2H3. The largest absolute Gasteiger partial charge is 0.497 e. The molecule has 0 N–H and O–H groups in total. The average molecular weight is 373 g/mol. The van der Waals surface area contributed by atoms with Gasteiger partial charge in [0.1, 0.15) is 17.3 Å². The summed E-state index contributed by atoms with van der Waals surface area (Å²) in [5, 5.41) is 0. The van der Waals surface area contributed by atoms with Crippen molar-refractivity contribution in [3.8, 4) is 22.9 Å². The van der Waals surface area contributed by atoms with Crippen molar-refractivity contribution in [2.45, 2.75) is 6.54 Å². The van der Waals surface area contributed by atoms with Crippen LogP contribution in [0.25, 0.3) is 11.4 Å². The summed E-state index contributed by atoms with van der Waals surface area (Å²) in [6.07, 6.45) is 3.78. The SMILES string of the molecule is COc1cc(OC)cc(-c2nccn2Cc2ccc(Br)cc2)c1. The molecule has 0 spiro atoms. The van der Waals surface area contributed by atoms with Gasteiger partial charge in [-0.3, -0.25) is 0 Å². The molecule has 2 aromatic carbocycles. The summed E-state index contributed by atoms with van der Waals surface area (Å²) >= 11 is 3.46. The maximum atomic E-state index is 5.34. The van der Waals surface area contributed by atoms with Crippen molar-refractivity contribution in [2.24, 2.45) is 0 Å². The molecule has 0 unspecified atom stereocenters. The van der Waals surface area contributed by atoms with E-state index in [1.165, 1.54) is 5.56 Å². The van der Waals surface area contributed by atoms with Gasteiger partial charge in [-0.2, -0.15) is 0 Å². The van der Waals surface area contributed by atoms with E-state index in [4.69, 9.17) is 9.47 Å². The molecule has 3 rings (SSSR count). The van der Waals surface area contributed by atoms with Crippen LogP contribution in [0, 0.1) is 0 Å². The first-order chi connectivity index (χ1) is 11.2. The van der Waals surface area contributed by atoms with Crippen LogP contribution in [-0.4, -0.2) is 23.8 Å². The second-order valence-electron chi connectivity index (χ2n) is 5.11. The van der Waals surface area contributed by atoms with Crippen LogP contribution in [0.4, 0.5) is 0 Å². The summed E-state index contributed by atoms with van der Waals surface area (Å²) in [6.45, 7) is 0.752. The van der Waals surface area contributed by atoms with Gasteiger partial charge < -0.3 is 14.0 Å². The van der Waals surface area contributed by atoms with Gasteiger partial charge >= 0.3 is 0 Å². The maximum absolute atomic E-state index is 5.34. The van der Waals surface area contributed by atoms with Crippen LogP contribution in [0.3, 0.4) is 0 Å². The molecule has 0 aliphatic rings. The van der Waals surface area contributed by atoms with Gasteiger partial charge in [-0.1, -0.05) is 28.1 Å². The van der Waals surface area contributed by atoms with Crippen molar-refractivity contribution in [1.29, 1.82) is 0 Å². The Morgan fingerprint density at radius 2 is 1.65 bits per heavy atom. The fourth-order valence-electron chi connectivity index (χ4n) is 2.42. The van der Waals surface area contributed by atoms with Crippen LogP contribution >= 0.6 is 15.9 Å². The Balaban J connectivity index is 1.95. The molecule has 0 atom stereocenters. The van der Waals surface area contributed by atoms with Gasteiger partial charge in [0.05, 0.1) is 14.2 Å². The monoisotopic (exact) mass is 372 g/mol. The summed E-state index contributed by atoms with van der Waals surface area (Å²) in [5.41, 5.74) is 2.17. The predicted molar refractivity (Wildman–Crippen MR) is 94.0 cm³/mol. The molecule has 0 bridgehead atoms. The number of methoxy groups -OCH3 is 2. The highest BCUT2D eigenvalue weighted by molar-refractivity contribution is 9.10. The Labute approximate surface area is 143 Å². The van der Waals surface area contributed by atoms with Crippen LogP contribution in [-0.2, 0) is 6.54 Å². The lowest BCUT2D eigenvalue weighted by Gasteiger charge is -2.11. The zero-order chi connectivity index (χ0) is 16.2. The van der Waals surface area contributed by atoms with Gasteiger partial charge in [0.2, 0.25) is 0 Å². The Morgan fingerprint density at radius 1 is 1.00 bits per heavy atom. The number of aromatic nitrogens is 2. The highest BCUT2D eigenvalue weighted by atomic mass is 79.9. The third kappa shape index (κ3) is 3.56. The van der Waals surface area contributed by atoms with Gasteiger partial charge in [0, 0.05) is 35.0 Å². The van der Waals surface area contributed by atoms with Crippen molar-refractivity contribution in [3.05, 3.63) is 64.9 Å². The van der Waals surface area contributed by atoms with Gasteiger partial charge in [-0.05, 0) is 29.8 Å². The Morgan fingerprint density at radius 3 is 2.26 bits per heavy atom. The summed E-state index contributed by atoms with van der Waals surface area (Å²) in [6, 6.07) is 14.1. The zero-order valence-electron chi connectivity index (χ0n) is 13.0. The Kier molecular flexibility index (Phi) is 4.67. The molecule has 3 aromatic rings. The summed E-state index contributed by atoms with van der Waals surface area (Å²) in [5.74, 6) is 2.38. The second-order valence-corrected chi connectivity index (χ2v) is 6.02. The number of halogens is 1. The van der Waals surface area contributed by atoms with Gasteiger partial charge in [0.15, 0.2) is 0 Å². The molecular formula is C18H17BrN2O2. The summed E-state index contributed by atoms with van der Waals surface area (Å²) < 4.78 is 13.9. The predicted octanol–water partition coefficient (Wildman–Crippen LogP) is 4.38. The first-order valence-electron chi connectivity index (χ1n) is 7.18. The molecule has 118 valence electrons. The number of rotatable bonds is 5. The van der Waals surface area contributed by atoms with Crippen molar-refractivity contribution < 1.29 is 9.47 Å². The zero-order valence-corrected chi connectivity index (χ0v) is 14.6. The highest BCUT2D eigenvalue weighted by Gasteiger charge is 2.10. The third-order valence-electron chi connectivity index (χ3n) is 3.59. The number of nitrogens with zero attached hydrogens (tertiary/aromatic N) is 2. The van der Waals surface area contributed by atoms with Crippen LogP contribution in [0.1, 0.15) is 5.56 Å². The van der Waals surface area contributed by atoms with Crippen LogP contribution in [0.2, 0.25) is 0 Å². The molecular weight excluding hydrogens is 356 g/mol. The molecule has 0 saturated heterocycles. The van der Waals surface area contributed by atoms with Crippen molar-refractivity contribution in [3.63, 3.8) is 0 Å². The highest BCUT2D eigenvalue weighted by Crippen LogP contribution is 2.29. The maximum Gasteiger partial charge on any atom is 0.140 e. The minimum atomic E-state index is 0.748. The molecule has 1 aromatic heterocycles. The van der Waals surface area contributed by atoms with Crippen molar-refractivity contribution >= 4 is 15.9 Å². The van der Waals surface area contributed by atoms with E-state index in [1.54, 1.807) is 20.4 Å². The molecule has 0 fully saturated rings. The van der Waals surface area contributed by atoms with Crippen LogP contribution in [0.15, 0.2) is 59.3 Å². The van der Waals surface area contributed by atoms with E-state index < -0.39 is 0 Å². The number of imidazole rings is 1. The molecule has 23 heavy (non-hydrogen) atoms. The van der Waals surface area contributed by atoms with Gasteiger partial charge in [-0.25, -0.2) is 4.98 Å². The molecule has 0 saturated carbocycles. The van der Waals surface area contributed by atoms with Crippen molar-refractivity contribution in [2.75, 3.05) is 14.2 Å². The molecule has 0 radical (unpaired) electrons. The third-order valence-corrected chi connectivity index (χ3v) is 4.12. The first kappa shape index (κ1) is 15.6. The van der Waals surface area contributed by atoms with E-state index in [0.717, 1.165) is 33.9 Å². The molecule has 4 nitrogen and oxygen atoms in total. The normalized spacial score (nSPS) is 10.6. The minimum absolute atomic E-state index is 0.748. The lowest BCUT2D eigenvalue weighted by atomic mass is 10.1.